The molecule has 0 heterocycles. The third-order valence-corrected chi connectivity index (χ3v) is 6.68. The van der Waals surface area contributed by atoms with E-state index in [1.807, 2.05) is 0 Å². The molecule has 0 saturated carbocycles. The van der Waals surface area contributed by atoms with Crippen molar-refractivity contribution in [2.75, 3.05) is 0 Å². The van der Waals surface area contributed by atoms with Crippen LogP contribution in [0, 0.1) is 13.8 Å². The van der Waals surface area contributed by atoms with Gasteiger partial charge in [-0.2, -0.15) is 0 Å². The van der Waals surface area contributed by atoms with E-state index >= 15 is 0 Å². The molecule has 0 aliphatic rings. The molecular formula is C27H50ClN. The quantitative estimate of drug-likeness (QED) is 0.185. The van der Waals surface area contributed by atoms with Crippen LogP contribution in [0.4, 0.5) is 0 Å². The van der Waals surface area contributed by atoms with Crippen molar-refractivity contribution >= 4 is 11.6 Å². The number of rotatable bonds is 18. The lowest BCUT2D eigenvalue weighted by molar-refractivity contribution is 0.529. The van der Waals surface area contributed by atoms with Crippen molar-refractivity contribution in [2.45, 2.75) is 136 Å². The van der Waals surface area contributed by atoms with Gasteiger partial charge in [-0.3, -0.25) is 0 Å². The van der Waals surface area contributed by atoms with Crippen LogP contribution in [-0.2, 0) is 12.3 Å². The summed E-state index contributed by atoms with van der Waals surface area (Å²) in [5.41, 5.74) is 5.71. The third kappa shape index (κ3) is 13.4. The number of halogens is 1. The smallest absolute Gasteiger partial charge is 0.0476 e. The van der Waals surface area contributed by atoms with Gasteiger partial charge in [0.1, 0.15) is 0 Å². The molecule has 0 bridgehead atoms. The fourth-order valence-electron chi connectivity index (χ4n) is 4.25. The second-order valence-electron chi connectivity index (χ2n) is 8.83. The Labute approximate surface area is 188 Å². The Morgan fingerprint density at radius 3 is 1.45 bits per heavy atom. The molecule has 0 aliphatic carbocycles. The standard InChI is InChI=1S/C27H47Cl.H3N/c1-4-5-6-7-8-9-10-11-12-13-14-15-16-17-18-19-20-27-25(3)24(2)21-22-26(27)23-28;/h21-22H,4-20,23H2,1-3H3;1H3. The van der Waals surface area contributed by atoms with Gasteiger partial charge in [-0.15, -0.1) is 11.6 Å². The summed E-state index contributed by atoms with van der Waals surface area (Å²) < 4.78 is 0. The van der Waals surface area contributed by atoms with Gasteiger partial charge in [-0.05, 0) is 48.9 Å². The molecule has 0 amide bonds. The normalized spacial score (nSPS) is 10.9. The van der Waals surface area contributed by atoms with Crippen molar-refractivity contribution < 1.29 is 0 Å². The average Bonchev–Trinajstić information content (AvgIpc) is 2.70. The Hall–Kier alpha value is -0.530. The van der Waals surface area contributed by atoms with Crippen molar-refractivity contribution in [1.29, 1.82) is 0 Å². The van der Waals surface area contributed by atoms with Crippen molar-refractivity contribution in [3.8, 4) is 0 Å². The second kappa shape index (κ2) is 19.4. The maximum atomic E-state index is 6.13. The highest BCUT2D eigenvalue weighted by molar-refractivity contribution is 6.17. The fraction of sp³-hybridized carbons (Fsp3) is 0.778. The van der Waals surface area contributed by atoms with Crippen LogP contribution < -0.4 is 6.15 Å². The average molecular weight is 424 g/mol. The zero-order valence-electron chi connectivity index (χ0n) is 20.0. The van der Waals surface area contributed by atoms with E-state index in [1.54, 1.807) is 0 Å². The number of benzene rings is 1. The van der Waals surface area contributed by atoms with Crippen LogP contribution in [-0.4, -0.2) is 0 Å². The number of alkyl halides is 1. The molecule has 0 saturated heterocycles. The van der Waals surface area contributed by atoms with E-state index in [2.05, 4.69) is 32.9 Å². The zero-order valence-corrected chi connectivity index (χ0v) is 20.7. The minimum atomic E-state index is 0. The molecular weight excluding hydrogens is 374 g/mol. The van der Waals surface area contributed by atoms with Crippen molar-refractivity contribution in [2.24, 2.45) is 0 Å². The molecule has 0 spiro atoms. The highest BCUT2D eigenvalue weighted by atomic mass is 35.5. The number of aryl methyl sites for hydroxylation is 1. The molecule has 1 aromatic carbocycles. The topological polar surface area (TPSA) is 35.0 Å². The molecule has 0 aliphatic heterocycles. The monoisotopic (exact) mass is 423 g/mol. The van der Waals surface area contributed by atoms with E-state index in [4.69, 9.17) is 11.6 Å². The maximum Gasteiger partial charge on any atom is 0.0476 e. The molecule has 0 radical (unpaired) electrons. The summed E-state index contributed by atoms with van der Waals surface area (Å²) in [4.78, 5) is 0. The molecule has 0 unspecified atom stereocenters. The van der Waals surface area contributed by atoms with Gasteiger partial charge in [0.2, 0.25) is 0 Å². The van der Waals surface area contributed by atoms with E-state index in [9.17, 15) is 0 Å². The van der Waals surface area contributed by atoms with E-state index in [0.717, 1.165) is 0 Å². The Morgan fingerprint density at radius 1 is 0.621 bits per heavy atom. The Morgan fingerprint density at radius 2 is 1.03 bits per heavy atom. The first-order chi connectivity index (χ1) is 13.7. The first kappa shape index (κ1) is 28.5. The lowest BCUT2D eigenvalue weighted by atomic mass is 9.94. The van der Waals surface area contributed by atoms with Crippen LogP contribution >= 0.6 is 11.6 Å². The molecule has 0 aromatic heterocycles. The molecule has 0 fully saturated rings. The predicted molar refractivity (Wildman–Crippen MR) is 134 cm³/mol. The van der Waals surface area contributed by atoms with Crippen LogP contribution in [0.25, 0.3) is 0 Å². The first-order valence-corrected chi connectivity index (χ1v) is 12.9. The van der Waals surface area contributed by atoms with Gasteiger partial charge in [0, 0.05) is 5.88 Å². The van der Waals surface area contributed by atoms with Gasteiger partial charge >= 0.3 is 0 Å². The maximum absolute atomic E-state index is 6.13. The molecule has 3 N–H and O–H groups in total. The van der Waals surface area contributed by atoms with Crippen LogP contribution in [0.2, 0.25) is 0 Å². The van der Waals surface area contributed by atoms with E-state index in [-0.39, 0.29) is 6.15 Å². The van der Waals surface area contributed by atoms with Gasteiger partial charge in [0.15, 0.2) is 0 Å². The van der Waals surface area contributed by atoms with E-state index < -0.39 is 0 Å². The summed E-state index contributed by atoms with van der Waals surface area (Å²) in [6.07, 6.45) is 24.1. The zero-order chi connectivity index (χ0) is 20.5. The predicted octanol–water partition coefficient (Wildman–Crippen LogP) is 10.0. The van der Waals surface area contributed by atoms with Gasteiger partial charge in [-0.1, -0.05) is 115 Å². The lowest BCUT2D eigenvalue weighted by Gasteiger charge is -2.13. The van der Waals surface area contributed by atoms with Gasteiger partial charge in [-0.25, -0.2) is 0 Å². The number of hydrogen-bond donors (Lipinski definition) is 1. The van der Waals surface area contributed by atoms with Crippen LogP contribution in [0.3, 0.4) is 0 Å². The highest BCUT2D eigenvalue weighted by Crippen LogP contribution is 2.22. The molecule has 29 heavy (non-hydrogen) atoms. The molecule has 1 nitrogen and oxygen atoms in total. The second-order valence-corrected chi connectivity index (χ2v) is 9.10. The molecule has 2 heteroatoms. The molecule has 1 rings (SSSR count). The van der Waals surface area contributed by atoms with Crippen LogP contribution in [0.15, 0.2) is 12.1 Å². The summed E-state index contributed by atoms with van der Waals surface area (Å²) in [6.45, 7) is 6.77. The summed E-state index contributed by atoms with van der Waals surface area (Å²) in [5.74, 6) is 0.648. The largest absolute Gasteiger partial charge is 0.344 e. The van der Waals surface area contributed by atoms with Crippen molar-refractivity contribution in [1.82, 2.24) is 6.15 Å². The number of hydrogen-bond acceptors (Lipinski definition) is 1. The summed E-state index contributed by atoms with van der Waals surface area (Å²) >= 11 is 6.13. The van der Waals surface area contributed by atoms with Crippen LogP contribution in [0.5, 0.6) is 0 Å². The highest BCUT2D eigenvalue weighted by Gasteiger charge is 2.07. The van der Waals surface area contributed by atoms with Crippen molar-refractivity contribution in [3.63, 3.8) is 0 Å². The summed E-state index contributed by atoms with van der Waals surface area (Å²) in [5, 5.41) is 0. The molecule has 0 atom stereocenters. The van der Waals surface area contributed by atoms with E-state index in [1.165, 1.54) is 131 Å². The fourth-order valence-corrected chi connectivity index (χ4v) is 4.50. The Bertz CT molecular complexity index is 498. The summed E-state index contributed by atoms with van der Waals surface area (Å²) in [6, 6.07) is 4.43. The number of unbranched alkanes of at least 4 members (excludes halogenated alkanes) is 15. The molecule has 170 valence electrons. The first-order valence-electron chi connectivity index (χ1n) is 12.3. The molecule has 1 aromatic rings. The minimum absolute atomic E-state index is 0. The van der Waals surface area contributed by atoms with Gasteiger partial charge in [0.25, 0.3) is 0 Å². The SMILES string of the molecule is CCCCCCCCCCCCCCCCCCc1c(CCl)ccc(C)c1C.N. The van der Waals surface area contributed by atoms with E-state index in [0.29, 0.717) is 5.88 Å². The Kier molecular flexibility index (Phi) is 19.1. The Balaban J connectivity index is 0.00000784. The van der Waals surface area contributed by atoms with Crippen molar-refractivity contribution in [3.05, 3.63) is 34.4 Å². The lowest BCUT2D eigenvalue weighted by Crippen LogP contribution is -1.98. The third-order valence-electron chi connectivity index (χ3n) is 6.39. The van der Waals surface area contributed by atoms with Crippen LogP contribution in [0.1, 0.15) is 132 Å². The van der Waals surface area contributed by atoms with Gasteiger partial charge < -0.3 is 6.15 Å². The minimum Gasteiger partial charge on any atom is -0.344 e. The van der Waals surface area contributed by atoms with Gasteiger partial charge in [0.05, 0.1) is 0 Å². The summed E-state index contributed by atoms with van der Waals surface area (Å²) in [7, 11) is 0.